The van der Waals surface area contributed by atoms with E-state index in [-0.39, 0.29) is 24.0 Å². The van der Waals surface area contributed by atoms with Gasteiger partial charge in [-0.25, -0.2) is 4.98 Å². The molecule has 142 valence electrons. The second-order valence-corrected chi connectivity index (χ2v) is 5.90. The summed E-state index contributed by atoms with van der Waals surface area (Å²) in [6, 6.07) is 12.6. The molecule has 0 aliphatic carbocycles. The highest BCUT2D eigenvalue weighted by molar-refractivity contribution is 14.0. The molecule has 2 rings (SSSR count). The van der Waals surface area contributed by atoms with E-state index in [1.165, 1.54) is 11.1 Å². The molecule has 1 heterocycles. The molecular formula is C20H30IN5. The lowest BCUT2D eigenvalue weighted by Gasteiger charge is -2.19. The van der Waals surface area contributed by atoms with Crippen LogP contribution in [0.5, 0.6) is 0 Å². The Morgan fingerprint density at radius 3 is 2.31 bits per heavy atom. The van der Waals surface area contributed by atoms with Crippen LogP contribution in [0.1, 0.15) is 30.5 Å². The standard InChI is InChI=1S/C20H29N5.HI/c1-5-25(6-2)19-12-11-17(13-22-19)14-23-20(21-4)24-15-18-10-8-7-9-16(18)3;/h7-13H,5-6,14-15H2,1-4H3,(H2,21,23,24);1H. The summed E-state index contributed by atoms with van der Waals surface area (Å²) in [5, 5.41) is 6.69. The Morgan fingerprint density at radius 2 is 1.73 bits per heavy atom. The van der Waals surface area contributed by atoms with Crippen molar-refractivity contribution in [3.05, 3.63) is 59.3 Å². The van der Waals surface area contributed by atoms with E-state index in [0.29, 0.717) is 6.54 Å². The van der Waals surface area contributed by atoms with Crippen molar-refractivity contribution in [2.24, 2.45) is 4.99 Å². The SMILES string of the molecule is CCN(CC)c1ccc(CNC(=NC)NCc2ccccc2C)cn1.I. The van der Waals surface area contributed by atoms with E-state index < -0.39 is 0 Å². The van der Waals surface area contributed by atoms with Crippen molar-refractivity contribution in [1.82, 2.24) is 15.6 Å². The number of nitrogens with zero attached hydrogens (tertiary/aromatic N) is 3. The largest absolute Gasteiger partial charge is 0.357 e. The molecule has 2 aromatic rings. The molecule has 1 aromatic heterocycles. The lowest BCUT2D eigenvalue weighted by Crippen LogP contribution is -2.36. The molecule has 0 fully saturated rings. The smallest absolute Gasteiger partial charge is 0.191 e. The van der Waals surface area contributed by atoms with Gasteiger partial charge in [0.05, 0.1) is 0 Å². The molecule has 5 nitrogen and oxygen atoms in total. The number of aliphatic imine (C=N–C) groups is 1. The molecule has 6 heteroatoms. The van der Waals surface area contributed by atoms with Crippen molar-refractivity contribution in [3.8, 4) is 0 Å². The van der Waals surface area contributed by atoms with Crippen LogP contribution in [0.25, 0.3) is 0 Å². The molecule has 0 bridgehead atoms. The molecular weight excluding hydrogens is 437 g/mol. The van der Waals surface area contributed by atoms with Crippen LogP contribution in [0.3, 0.4) is 0 Å². The lowest BCUT2D eigenvalue weighted by atomic mass is 10.1. The summed E-state index contributed by atoms with van der Waals surface area (Å²) >= 11 is 0. The predicted octanol–water partition coefficient (Wildman–Crippen LogP) is 3.72. The maximum atomic E-state index is 4.56. The van der Waals surface area contributed by atoms with Gasteiger partial charge in [0, 0.05) is 39.4 Å². The van der Waals surface area contributed by atoms with Gasteiger partial charge in [-0.05, 0) is 43.5 Å². The van der Waals surface area contributed by atoms with E-state index in [2.05, 4.69) is 82.7 Å². The highest BCUT2D eigenvalue weighted by atomic mass is 127. The third-order valence-electron chi connectivity index (χ3n) is 4.29. The van der Waals surface area contributed by atoms with E-state index in [4.69, 9.17) is 0 Å². The second kappa shape index (κ2) is 11.7. The first-order chi connectivity index (χ1) is 12.2. The highest BCUT2D eigenvalue weighted by Crippen LogP contribution is 2.10. The highest BCUT2D eigenvalue weighted by Gasteiger charge is 2.04. The van der Waals surface area contributed by atoms with Crippen LogP contribution in [0, 0.1) is 6.92 Å². The third kappa shape index (κ3) is 6.48. The fraction of sp³-hybridized carbons (Fsp3) is 0.400. The quantitative estimate of drug-likeness (QED) is 0.370. The van der Waals surface area contributed by atoms with E-state index in [1.54, 1.807) is 7.05 Å². The van der Waals surface area contributed by atoms with Gasteiger partial charge >= 0.3 is 0 Å². The number of aromatic nitrogens is 1. The maximum Gasteiger partial charge on any atom is 0.191 e. The van der Waals surface area contributed by atoms with Crippen LogP contribution < -0.4 is 15.5 Å². The fourth-order valence-electron chi connectivity index (χ4n) is 2.65. The van der Waals surface area contributed by atoms with Crippen LogP contribution in [0.15, 0.2) is 47.6 Å². The van der Waals surface area contributed by atoms with Gasteiger partial charge in [0.15, 0.2) is 5.96 Å². The molecule has 26 heavy (non-hydrogen) atoms. The minimum absolute atomic E-state index is 0. The molecule has 0 unspecified atom stereocenters. The van der Waals surface area contributed by atoms with Gasteiger partial charge in [0.25, 0.3) is 0 Å². The van der Waals surface area contributed by atoms with Gasteiger partial charge in [-0.1, -0.05) is 30.3 Å². The monoisotopic (exact) mass is 467 g/mol. The van der Waals surface area contributed by atoms with Gasteiger partial charge in [-0.15, -0.1) is 24.0 Å². The van der Waals surface area contributed by atoms with Gasteiger partial charge in [-0.2, -0.15) is 0 Å². The van der Waals surface area contributed by atoms with Crippen molar-refractivity contribution >= 4 is 35.8 Å². The number of hydrogen-bond donors (Lipinski definition) is 2. The first-order valence-electron chi connectivity index (χ1n) is 8.86. The Morgan fingerprint density at radius 1 is 1.04 bits per heavy atom. The van der Waals surface area contributed by atoms with Crippen molar-refractivity contribution < 1.29 is 0 Å². The number of halogens is 1. The van der Waals surface area contributed by atoms with Crippen LogP contribution >= 0.6 is 24.0 Å². The zero-order valence-electron chi connectivity index (χ0n) is 16.1. The molecule has 0 atom stereocenters. The van der Waals surface area contributed by atoms with Gasteiger partial charge in [0.2, 0.25) is 0 Å². The lowest BCUT2D eigenvalue weighted by molar-refractivity contribution is 0.800. The number of aryl methyl sites for hydroxylation is 1. The zero-order chi connectivity index (χ0) is 18.1. The Hall–Kier alpha value is -1.83. The topological polar surface area (TPSA) is 52.5 Å². The van der Waals surface area contributed by atoms with Crippen molar-refractivity contribution in [2.75, 3.05) is 25.0 Å². The normalized spacial score (nSPS) is 10.8. The zero-order valence-corrected chi connectivity index (χ0v) is 18.5. The average molecular weight is 467 g/mol. The molecule has 0 aliphatic rings. The summed E-state index contributed by atoms with van der Waals surface area (Å²) < 4.78 is 0. The number of rotatable bonds is 7. The Kier molecular flexibility index (Phi) is 10.0. The van der Waals surface area contributed by atoms with E-state index in [9.17, 15) is 0 Å². The molecule has 0 amide bonds. The molecule has 0 radical (unpaired) electrons. The fourth-order valence-corrected chi connectivity index (χ4v) is 2.65. The number of anilines is 1. The third-order valence-corrected chi connectivity index (χ3v) is 4.29. The van der Waals surface area contributed by atoms with E-state index in [0.717, 1.165) is 37.0 Å². The van der Waals surface area contributed by atoms with Gasteiger partial charge in [0.1, 0.15) is 5.82 Å². The number of benzene rings is 1. The molecule has 2 N–H and O–H groups in total. The van der Waals surface area contributed by atoms with Gasteiger partial charge < -0.3 is 15.5 Å². The van der Waals surface area contributed by atoms with E-state index >= 15 is 0 Å². The summed E-state index contributed by atoms with van der Waals surface area (Å²) in [4.78, 5) is 11.1. The Bertz CT molecular complexity index is 681. The number of hydrogen-bond acceptors (Lipinski definition) is 3. The molecule has 1 aromatic carbocycles. The van der Waals surface area contributed by atoms with Crippen molar-refractivity contribution in [3.63, 3.8) is 0 Å². The minimum Gasteiger partial charge on any atom is -0.357 e. The Balaban J connectivity index is 0.00000338. The summed E-state index contributed by atoms with van der Waals surface area (Å²) in [7, 11) is 1.79. The molecule has 0 spiro atoms. The van der Waals surface area contributed by atoms with Crippen LogP contribution in [0.4, 0.5) is 5.82 Å². The number of nitrogens with one attached hydrogen (secondary N) is 2. The summed E-state index contributed by atoms with van der Waals surface area (Å²) in [5.41, 5.74) is 3.69. The summed E-state index contributed by atoms with van der Waals surface area (Å²) in [6.07, 6.45) is 1.93. The van der Waals surface area contributed by atoms with Gasteiger partial charge in [-0.3, -0.25) is 4.99 Å². The summed E-state index contributed by atoms with van der Waals surface area (Å²) in [5.74, 6) is 1.81. The minimum atomic E-state index is 0. The molecule has 0 saturated heterocycles. The predicted molar refractivity (Wildman–Crippen MR) is 121 cm³/mol. The van der Waals surface area contributed by atoms with E-state index in [1.807, 2.05) is 6.20 Å². The number of pyridine rings is 1. The van der Waals surface area contributed by atoms with Crippen molar-refractivity contribution in [2.45, 2.75) is 33.9 Å². The maximum absolute atomic E-state index is 4.56. The molecule has 0 saturated carbocycles. The Labute approximate surface area is 174 Å². The average Bonchev–Trinajstić information content (AvgIpc) is 2.65. The van der Waals surface area contributed by atoms with Crippen LogP contribution in [-0.4, -0.2) is 31.1 Å². The van der Waals surface area contributed by atoms with Crippen LogP contribution in [0.2, 0.25) is 0 Å². The first kappa shape index (κ1) is 22.2. The van der Waals surface area contributed by atoms with Crippen molar-refractivity contribution in [1.29, 1.82) is 0 Å². The first-order valence-corrected chi connectivity index (χ1v) is 8.86. The summed E-state index contributed by atoms with van der Waals surface area (Å²) in [6.45, 7) is 9.80. The van der Waals surface area contributed by atoms with Crippen LogP contribution in [-0.2, 0) is 13.1 Å². The molecule has 0 aliphatic heterocycles. The second-order valence-electron chi connectivity index (χ2n) is 5.90. The number of guanidine groups is 1.